The lowest BCUT2D eigenvalue weighted by Crippen LogP contribution is -2.24. The lowest BCUT2D eigenvalue weighted by Gasteiger charge is -2.15. The normalized spacial score (nSPS) is 21.9. The van der Waals surface area contributed by atoms with E-state index in [1.54, 1.807) is 6.20 Å². The third-order valence-corrected chi connectivity index (χ3v) is 4.16. The Kier molecular flexibility index (Phi) is 3.54. The number of benzene rings is 1. The second-order valence-electron chi connectivity index (χ2n) is 5.55. The van der Waals surface area contributed by atoms with E-state index in [1.165, 1.54) is 0 Å². The van der Waals surface area contributed by atoms with Crippen molar-refractivity contribution in [1.29, 1.82) is 0 Å². The number of carbonyl (C=O) groups is 1. The fourth-order valence-corrected chi connectivity index (χ4v) is 2.92. The summed E-state index contributed by atoms with van der Waals surface area (Å²) >= 11 is 0. The number of nitrogens with zero attached hydrogens (tertiary/aromatic N) is 1. The van der Waals surface area contributed by atoms with Gasteiger partial charge in [-0.15, -0.1) is 0 Å². The molecule has 104 valence electrons. The largest absolute Gasteiger partial charge is 0.326 e. The maximum atomic E-state index is 12.2. The van der Waals surface area contributed by atoms with Crippen LogP contribution in [0.2, 0.25) is 0 Å². The Morgan fingerprint density at radius 3 is 2.65 bits per heavy atom. The Labute approximate surface area is 118 Å². The Hall–Kier alpha value is -2.10. The van der Waals surface area contributed by atoms with Gasteiger partial charge in [0.2, 0.25) is 5.91 Å². The number of hydrogen-bond donors (Lipinski definition) is 2. The molecule has 0 saturated heterocycles. The fraction of sp³-hybridized carbons (Fsp3) is 0.375. The second-order valence-corrected chi connectivity index (χ2v) is 5.55. The summed E-state index contributed by atoms with van der Waals surface area (Å²) < 4.78 is 0. The van der Waals surface area contributed by atoms with Crippen molar-refractivity contribution in [3.05, 3.63) is 36.5 Å². The molecule has 1 amide bonds. The van der Waals surface area contributed by atoms with Gasteiger partial charge in [-0.3, -0.25) is 9.89 Å². The highest BCUT2D eigenvalue weighted by atomic mass is 16.1. The van der Waals surface area contributed by atoms with E-state index in [9.17, 15) is 4.79 Å². The first-order chi connectivity index (χ1) is 9.74. The number of amides is 1. The number of aromatic nitrogens is 2. The molecular formula is C16H19N3O. The molecule has 0 spiro atoms. The molecule has 20 heavy (non-hydrogen) atoms. The highest BCUT2D eigenvalue weighted by molar-refractivity contribution is 5.93. The third kappa shape index (κ3) is 2.59. The summed E-state index contributed by atoms with van der Waals surface area (Å²) in [6.07, 6.45) is 5.07. The lowest BCUT2D eigenvalue weighted by atomic mass is 9.97. The summed E-state index contributed by atoms with van der Waals surface area (Å²) in [5.74, 6) is 0.825. The minimum absolute atomic E-state index is 0.157. The van der Waals surface area contributed by atoms with Crippen molar-refractivity contribution in [2.45, 2.75) is 26.2 Å². The van der Waals surface area contributed by atoms with Gasteiger partial charge in [-0.05, 0) is 42.5 Å². The number of nitrogens with one attached hydrogen (secondary N) is 2. The topological polar surface area (TPSA) is 57.8 Å². The molecule has 1 aromatic heterocycles. The average molecular weight is 269 g/mol. The van der Waals surface area contributed by atoms with E-state index in [0.717, 1.165) is 36.2 Å². The monoisotopic (exact) mass is 269 g/mol. The zero-order valence-electron chi connectivity index (χ0n) is 11.6. The van der Waals surface area contributed by atoms with Gasteiger partial charge in [0.1, 0.15) is 0 Å². The van der Waals surface area contributed by atoms with Crippen LogP contribution in [0.4, 0.5) is 5.69 Å². The van der Waals surface area contributed by atoms with Gasteiger partial charge >= 0.3 is 0 Å². The summed E-state index contributed by atoms with van der Waals surface area (Å²) in [7, 11) is 0. The lowest BCUT2D eigenvalue weighted by molar-refractivity contribution is -0.120. The van der Waals surface area contributed by atoms with Crippen LogP contribution >= 0.6 is 0 Å². The van der Waals surface area contributed by atoms with Crippen LogP contribution in [-0.2, 0) is 4.79 Å². The molecule has 1 heterocycles. The quantitative estimate of drug-likeness (QED) is 0.896. The summed E-state index contributed by atoms with van der Waals surface area (Å²) in [6.45, 7) is 2.17. The first-order valence-corrected chi connectivity index (χ1v) is 7.15. The van der Waals surface area contributed by atoms with Crippen LogP contribution in [0, 0.1) is 11.8 Å². The first-order valence-electron chi connectivity index (χ1n) is 7.15. The van der Waals surface area contributed by atoms with Crippen LogP contribution in [0.5, 0.6) is 0 Å². The number of H-pyrrole nitrogens is 1. The maximum absolute atomic E-state index is 12.2. The minimum Gasteiger partial charge on any atom is -0.326 e. The van der Waals surface area contributed by atoms with Crippen LogP contribution in [0.25, 0.3) is 11.3 Å². The first kappa shape index (κ1) is 12.9. The smallest absolute Gasteiger partial charge is 0.227 e. The van der Waals surface area contributed by atoms with Gasteiger partial charge in [0.05, 0.1) is 5.69 Å². The molecule has 0 radical (unpaired) electrons. The van der Waals surface area contributed by atoms with Gasteiger partial charge in [0.15, 0.2) is 0 Å². The van der Waals surface area contributed by atoms with Crippen molar-refractivity contribution in [3.8, 4) is 11.3 Å². The molecule has 1 fully saturated rings. The van der Waals surface area contributed by atoms with Crippen LogP contribution in [0.3, 0.4) is 0 Å². The maximum Gasteiger partial charge on any atom is 0.227 e. The molecule has 0 bridgehead atoms. The highest BCUT2D eigenvalue weighted by Gasteiger charge is 2.29. The Bertz CT molecular complexity index is 574. The average Bonchev–Trinajstić information content (AvgIpc) is 3.10. The van der Waals surface area contributed by atoms with E-state index in [2.05, 4.69) is 22.4 Å². The van der Waals surface area contributed by atoms with Gasteiger partial charge in [-0.2, -0.15) is 5.10 Å². The second kappa shape index (κ2) is 5.49. The van der Waals surface area contributed by atoms with Crippen LogP contribution in [-0.4, -0.2) is 16.1 Å². The van der Waals surface area contributed by atoms with E-state index in [1.807, 2.05) is 30.3 Å². The van der Waals surface area contributed by atoms with Crippen molar-refractivity contribution in [1.82, 2.24) is 10.2 Å². The SMILES string of the molecule is CC1CCCC1C(=O)Nc1ccc(-c2ccn[nH]2)cc1. The van der Waals surface area contributed by atoms with E-state index in [-0.39, 0.29) is 11.8 Å². The van der Waals surface area contributed by atoms with E-state index >= 15 is 0 Å². The number of hydrogen-bond acceptors (Lipinski definition) is 2. The summed E-state index contributed by atoms with van der Waals surface area (Å²) in [5, 5.41) is 9.88. The predicted octanol–water partition coefficient (Wildman–Crippen LogP) is 3.45. The molecule has 1 aliphatic carbocycles. The minimum atomic E-state index is 0.157. The highest BCUT2D eigenvalue weighted by Crippen LogP contribution is 2.32. The third-order valence-electron chi connectivity index (χ3n) is 4.16. The summed E-state index contributed by atoms with van der Waals surface area (Å²) in [6, 6.07) is 9.78. The number of aromatic amines is 1. The molecule has 2 unspecified atom stereocenters. The standard InChI is InChI=1S/C16H19N3O/c1-11-3-2-4-14(11)16(20)18-13-7-5-12(6-8-13)15-9-10-17-19-15/h5-11,14H,2-4H2,1H3,(H,17,19)(H,18,20). The number of carbonyl (C=O) groups excluding carboxylic acids is 1. The molecule has 4 nitrogen and oxygen atoms in total. The Morgan fingerprint density at radius 1 is 1.25 bits per heavy atom. The number of rotatable bonds is 3. The van der Waals surface area contributed by atoms with Crippen molar-refractivity contribution in [2.75, 3.05) is 5.32 Å². The molecule has 4 heteroatoms. The van der Waals surface area contributed by atoms with Crippen molar-refractivity contribution in [3.63, 3.8) is 0 Å². The molecule has 2 atom stereocenters. The summed E-state index contributed by atoms with van der Waals surface area (Å²) in [5.41, 5.74) is 2.90. The van der Waals surface area contributed by atoms with Crippen LogP contribution in [0.15, 0.2) is 36.5 Å². The van der Waals surface area contributed by atoms with Crippen LogP contribution < -0.4 is 5.32 Å². The Morgan fingerprint density at radius 2 is 2.05 bits per heavy atom. The Balaban J connectivity index is 1.68. The molecule has 2 aromatic rings. The molecular weight excluding hydrogens is 250 g/mol. The predicted molar refractivity (Wildman–Crippen MR) is 79.2 cm³/mol. The van der Waals surface area contributed by atoms with Gasteiger partial charge in [0.25, 0.3) is 0 Å². The molecule has 1 saturated carbocycles. The fourth-order valence-electron chi connectivity index (χ4n) is 2.92. The molecule has 1 aliphatic rings. The van der Waals surface area contributed by atoms with Crippen molar-refractivity contribution < 1.29 is 4.79 Å². The molecule has 2 N–H and O–H groups in total. The molecule has 1 aromatic carbocycles. The molecule has 3 rings (SSSR count). The van der Waals surface area contributed by atoms with Gasteiger partial charge < -0.3 is 5.32 Å². The van der Waals surface area contributed by atoms with Crippen LogP contribution in [0.1, 0.15) is 26.2 Å². The molecule has 0 aliphatic heterocycles. The number of anilines is 1. The van der Waals surface area contributed by atoms with Crippen molar-refractivity contribution >= 4 is 11.6 Å². The van der Waals surface area contributed by atoms with E-state index in [4.69, 9.17) is 0 Å². The van der Waals surface area contributed by atoms with E-state index in [0.29, 0.717) is 5.92 Å². The van der Waals surface area contributed by atoms with Crippen molar-refractivity contribution in [2.24, 2.45) is 11.8 Å². The van der Waals surface area contributed by atoms with Gasteiger partial charge in [0, 0.05) is 17.8 Å². The van der Waals surface area contributed by atoms with Gasteiger partial charge in [-0.25, -0.2) is 0 Å². The summed E-state index contributed by atoms with van der Waals surface area (Å²) in [4.78, 5) is 12.2. The zero-order chi connectivity index (χ0) is 13.9. The zero-order valence-corrected chi connectivity index (χ0v) is 11.6. The van der Waals surface area contributed by atoms with E-state index < -0.39 is 0 Å². The van der Waals surface area contributed by atoms with Gasteiger partial charge in [-0.1, -0.05) is 25.5 Å².